The lowest BCUT2D eigenvalue weighted by molar-refractivity contribution is 0.149. The summed E-state index contributed by atoms with van der Waals surface area (Å²) in [5.74, 6) is 1.24. The molecule has 0 spiro atoms. The van der Waals surface area contributed by atoms with Crippen molar-refractivity contribution in [1.82, 2.24) is 0 Å². The second-order valence-electron chi connectivity index (χ2n) is 8.42. The predicted octanol–water partition coefficient (Wildman–Crippen LogP) is 8.49. The lowest BCUT2D eigenvalue weighted by Gasteiger charge is -2.15. The van der Waals surface area contributed by atoms with Crippen LogP contribution in [0.25, 0.3) is 0 Å². The number of unbranched alkanes of at least 4 members (excludes halogenated alkanes) is 15. The van der Waals surface area contributed by atoms with E-state index in [0.717, 1.165) is 6.61 Å². The average Bonchev–Trinajstić information content (AvgIpc) is 2.93. The fraction of sp³-hybridized carbons (Fsp3) is 1.00. The van der Waals surface area contributed by atoms with Crippen molar-refractivity contribution in [1.29, 1.82) is 0 Å². The predicted molar refractivity (Wildman–Crippen MR) is 112 cm³/mol. The van der Waals surface area contributed by atoms with Crippen molar-refractivity contribution in [3.05, 3.63) is 0 Å². The molecule has 0 amide bonds. The smallest absolute Gasteiger partial charge is 0.134 e. The number of hydrogen-bond acceptors (Lipinski definition) is 1. The van der Waals surface area contributed by atoms with E-state index in [2.05, 4.69) is 13.8 Å². The monoisotopic (exact) mass is 372 g/mol. The van der Waals surface area contributed by atoms with Gasteiger partial charge in [0.15, 0.2) is 0 Å². The standard InChI is InChI=1S/C23H45ClO/c1-3-4-5-6-7-8-9-10-11-12-13-14-15-16-17-18-19-22-21(2)20-25-23(22)24/h21-23H,3-20H2,1-2H3. The Kier molecular flexibility index (Phi) is 15.3. The van der Waals surface area contributed by atoms with Gasteiger partial charge in [0, 0.05) is 5.92 Å². The van der Waals surface area contributed by atoms with E-state index in [4.69, 9.17) is 16.3 Å². The van der Waals surface area contributed by atoms with E-state index in [9.17, 15) is 0 Å². The molecule has 0 N–H and O–H groups in total. The number of ether oxygens (including phenoxy) is 1. The molecule has 3 unspecified atom stereocenters. The van der Waals surface area contributed by atoms with E-state index in [1.165, 1.54) is 109 Å². The quantitative estimate of drug-likeness (QED) is 0.183. The minimum atomic E-state index is -0.0219. The first-order chi connectivity index (χ1) is 12.3. The molecule has 0 saturated carbocycles. The highest BCUT2D eigenvalue weighted by Crippen LogP contribution is 2.33. The third-order valence-electron chi connectivity index (χ3n) is 5.98. The minimum Gasteiger partial charge on any atom is -0.362 e. The van der Waals surface area contributed by atoms with Gasteiger partial charge in [-0.3, -0.25) is 0 Å². The fourth-order valence-corrected chi connectivity index (χ4v) is 4.54. The van der Waals surface area contributed by atoms with Crippen LogP contribution in [0.5, 0.6) is 0 Å². The molecule has 25 heavy (non-hydrogen) atoms. The summed E-state index contributed by atoms with van der Waals surface area (Å²) in [4.78, 5) is 0. The van der Waals surface area contributed by atoms with Crippen molar-refractivity contribution in [2.75, 3.05) is 6.61 Å². The van der Waals surface area contributed by atoms with Gasteiger partial charge < -0.3 is 4.74 Å². The van der Waals surface area contributed by atoms with Crippen molar-refractivity contribution >= 4 is 11.6 Å². The van der Waals surface area contributed by atoms with Crippen LogP contribution in [-0.2, 0) is 4.74 Å². The molecule has 0 bridgehead atoms. The van der Waals surface area contributed by atoms with Gasteiger partial charge in [-0.1, -0.05) is 128 Å². The third kappa shape index (κ3) is 12.3. The van der Waals surface area contributed by atoms with Gasteiger partial charge in [0.25, 0.3) is 0 Å². The number of rotatable bonds is 17. The molecule has 0 aromatic heterocycles. The molecule has 1 heterocycles. The van der Waals surface area contributed by atoms with E-state index < -0.39 is 0 Å². The normalized spacial score (nSPS) is 23.4. The van der Waals surface area contributed by atoms with Crippen LogP contribution in [0.1, 0.15) is 123 Å². The molecule has 1 saturated heterocycles. The SMILES string of the molecule is CCCCCCCCCCCCCCCCCCC1C(C)COC1Cl. The first-order valence-corrected chi connectivity index (χ1v) is 11.9. The Morgan fingerprint density at radius 3 is 1.44 bits per heavy atom. The van der Waals surface area contributed by atoms with Gasteiger partial charge in [0.1, 0.15) is 5.56 Å². The molecular weight excluding hydrogens is 328 g/mol. The van der Waals surface area contributed by atoms with E-state index in [0.29, 0.717) is 11.8 Å². The molecule has 1 aliphatic rings. The van der Waals surface area contributed by atoms with Crippen LogP contribution < -0.4 is 0 Å². The van der Waals surface area contributed by atoms with Gasteiger partial charge in [-0.2, -0.15) is 0 Å². The molecular formula is C23H45ClO. The van der Waals surface area contributed by atoms with Crippen molar-refractivity contribution in [2.24, 2.45) is 11.8 Å². The largest absolute Gasteiger partial charge is 0.362 e. The molecule has 150 valence electrons. The summed E-state index contributed by atoms with van der Waals surface area (Å²) < 4.78 is 5.52. The van der Waals surface area contributed by atoms with Crippen molar-refractivity contribution in [2.45, 2.75) is 129 Å². The van der Waals surface area contributed by atoms with Gasteiger partial charge in [0.2, 0.25) is 0 Å². The summed E-state index contributed by atoms with van der Waals surface area (Å²) in [7, 11) is 0. The van der Waals surface area contributed by atoms with Gasteiger partial charge in [-0.05, 0) is 12.3 Å². The Labute approximate surface area is 163 Å². The third-order valence-corrected chi connectivity index (χ3v) is 6.43. The summed E-state index contributed by atoms with van der Waals surface area (Å²) in [6.45, 7) is 5.43. The Hall–Kier alpha value is 0.250. The summed E-state index contributed by atoms with van der Waals surface area (Å²) in [6, 6.07) is 0. The van der Waals surface area contributed by atoms with Crippen LogP contribution in [0.2, 0.25) is 0 Å². The van der Waals surface area contributed by atoms with Crippen LogP contribution in [0.15, 0.2) is 0 Å². The Bertz CT molecular complexity index is 271. The zero-order valence-corrected chi connectivity index (χ0v) is 18.0. The zero-order chi connectivity index (χ0) is 18.2. The topological polar surface area (TPSA) is 9.23 Å². The summed E-state index contributed by atoms with van der Waals surface area (Å²) in [5, 5.41) is 0. The molecule has 0 aliphatic carbocycles. The molecule has 1 fully saturated rings. The van der Waals surface area contributed by atoms with Crippen LogP contribution >= 0.6 is 11.6 Å². The van der Waals surface area contributed by atoms with Crippen LogP contribution in [0.4, 0.5) is 0 Å². The van der Waals surface area contributed by atoms with Crippen LogP contribution in [0.3, 0.4) is 0 Å². The van der Waals surface area contributed by atoms with Crippen molar-refractivity contribution in [3.63, 3.8) is 0 Å². The summed E-state index contributed by atoms with van der Waals surface area (Å²) in [6.07, 6.45) is 24.2. The molecule has 1 aliphatic heterocycles. The second-order valence-corrected chi connectivity index (χ2v) is 8.85. The highest BCUT2D eigenvalue weighted by molar-refractivity contribution is 6.20. The summed E-state index contributed by atoms with van der Waals surface area (Å²) >= 11 is 6.22. The van der Waals surface area contributed by atoms with E-state index >= 15 is 0 Å². The lowest BCUT2D eigenvalue weighted by atomic mass is 9.92. The zero-order valence-electron chi connectivity index (χ0n) is 17.2. The van der Waals surface area contributed by atoms with Crippen molar-refractivity contribution < 1.29 is 4.74 Å². The van der Waals surface area contributed by atoms with E-state index in [-0.39, 0.29) is 5.56 Å². The van der Waals surface area contributed by atoms with E-state index in [1.807, 2.05) is 0 Å². The van der Waals surface area contributed by atoms with Gasteiger partial charge in [0.05, 0.1) is 6.61 Å². The van der Waals surface area contributed by atoms with Crippen LogP contribution in [-0.4, -0.2) is 12.2 Å². The highest BCUT2D eigenvalue weighted by atomic mass is 35.5. The van der Waals surface area contributed by atoms with Gasteiger partial charge in [-0.25, -0.2) is 0 Å². The molecule has 1 nitrogen and oxygen atoms in total. The lowest BCUT2D eigenvalue weighted by Crippen LogP contribution is -2.13. The highest BCUT2D eigenvalue weighted by Gasteiger charge is 2.32. The number of alkyl halides is 1. The van der Waals surface area contributed by atoms with Gasteiger partial charge in [-0.15, -0.1) is 0 Å². The molecule has 3 atom stereocenters. The number of halogens is 1. The van der Waals surface area contributed by atoms with Crippen molar-refractivity contribution in [3.8, 4) is 0 Å². The fourth-order valence-electron chi connectivity index (χ4n) is 4.09. The number of hydrogen-bond donors (Lipinski definition) is 0. The maximum Gasteiger partial charge on any atom is 0.134 e. The minimum absolute atomic E-state index is 0.0219. The average molecular weight is 373 g/mol. The first-order valence-electron chi connectivity index (χ1n) is 11.5. The molecule has 0 radical (unpaired) electrons. The molecule has 2 heteroatoms. The second kappa shape index (κ2) is 16.4. The first kappa shape index (κ1) is 23.3. The Morgan fingerprint density at radius 1 is 0.680 bits per heavy atom. The van der Waals surface area contributed by atoms with E-state index in [1.54, 1.807) is 0 Å². The molecule has 1 rings (SSSR count). The summed E-state index contributed by atoms with van der Waals surface area (Å²) in [5.41, 5.74) is -0.0219. The van der Waals surface area contributed by atoms with Gasteiger partial charge >= 0.3 is 0 Å². The van der Waals surface area contributed by atoms with Crippen LogP contribution in [0, 0.1) is 11.8 Å². The molecule has 0 aromatic carbocycles. The maximum absolute atomic E-state index is 6.22. The molecule has 0 aromatic rings. The Morgan fingerprint density at radius 2 is 1.08 bits per heavy atom. The Balaban J connectivity index is 1.72. The maximum atomic E-state index is 6.22.